The van der Waals surface area contributed by atoms with Crippen LogP contribution in [0.25, 0.3) is 11.1 Å². The molecule has 0 aliphatic rings. The number of carbonyl (C=O) groups is 2. The van der Waals surface area contributed by atoms with Crippen LogP contribution in [0.2, 0.25) is 0 Å². The summed E-state index contributed by atoms with van der Waals surface area (Å²) in [6.07, 6.45) is 20.2. The molecule has 0 aliphatic heterocycles. The van der Waals surface area contributed by atoms with Crippen molar-refractivity contribution in [3.05, 3.63) is 89.3 Å². The first-order valence-corrected chi connectivity index (χ1v) is 18.7. The van der Waals surface area contributed by atoms with Gasteiger partial charge in [-0.05, 0) is 102 Å². The number of halogens is 2. The lowest BCUT2D eigenvalue weighted by molar-refractivity contribution is 0.0540. The number of nitrogens with zero attached hydrogens (tertiary/aromatic N) is 6. The van der Waals surface area contributed by atoms with Crippen molar-refractivity contribution in [3.63, 3.8) is 0 Å². The quantitative estimate of drug-likeness (QED) is 0.0411. The van der Waals surface area contributed by atoms with Crippen LogP contribution in [0.4, 0.5) is 25.5 Å². The number of benzene rings is 2. The molecule has 15 heteroatoms. The zero-order chi connectivity index (χ0) is 40.7. The molecule has 298 valence electrons. The Morgan fingerprint density at radius 3 is 2.36 bits per heavy atom. The first-order chi connectivity index (χ1) is 26.7. The number of rotatable bonds is 17. The molecular weight excluding hydrogens is 721 g/mol. The average molecular weight is 772 g/mol. The van der Waals surface area contributed by atoms with E-state index >= 15 is 0 Å². The minimum Gasteiger partial charge on any atom is -0.507 e. The number of ketones is 1. The lowest BCUT2D eigenvalue weighted by Crippen LogP contribution is -2.27. The molecule has 0 atom stereocenters. The maximum atomic E-state index is 14.0. The van der Waals surface area contributed by atoms with Crippen molar-refractivity contribution in [1.82, 2.24) is 34.5 Å². The molecule has 5 aromatic rings. The topological polar surface area (TPSA) is 193 Å². The van der Waals surface area contributed by atoms with Gasteiger partial charge in [0.15, 0.2) is 11.7 Å². The Hall–Kier alpha value is -6.04. The van der Waals surface area contributed by atoms with Gasteiger partial charge >= 0.3 is 6.09 Å². The number of carbonyl (C=O) groups excluding carboxylic acids is 2. The molecule has 2 aromatic carbocycles. The number of nitrogen functional groups attached to an aromatic ring is 2. The van der Waals surface area contributed by atoms with Crippen molar-refractivity contribution >= 4 is 23.8 Å². The van der Waals surface area contributed by atoms with Gasteiger partial charge in [0.25, 0.3) is 0 Å². The van der Waals surface area contributed by atoms with Crippen molar-refractivity contribution in [2.75, 3.05) is 11.5 Å². The SMILES string of the molecule is C#CCCCCCc1cn(C(=O)OC(C)(C)C)c(N)n1.Nc1ncc(CCCCCc2cn(CCCC(=O)c3ccc(-c4ccc(F)cc4F)cc3O)nn2)[nH]1. The van der Waals surface area contributed by atoms with E-state index in [0.29, 0.717) is 24.5 Å². The van der Waals surface area contributed by atoms with Crippen molar-refractivity contribution in [2.24, 2.45) is 0 Å². The molecule has 5 rings (SSSR count). The fourth-order valence-corrected chi connectivity index (χ4v) is 5.79. The first-order valence-electron chi connectivity index (χ1n) is 18.7. The number of imidazole rings is 2. The number of aromatic nitrogens is 7. The van der Waals surface area contributed by atoms with Crippen LogP contribution < -0.4 is 11.5 Å². The van der Waals surface area contributed by atoms with Crippen LogP contribution in [-0.4, -0.2) is 57.1 Å². The molecule has 0 aliphatic carbocycles. The molecule has 6 N–H and O–H groups in total. The normalized spacial score (nSPS) is 11.1. The highest BCUT2D eigenvalue weighted by Gasteiger charge is 2.20. The molecule has 3 heterocycles. The van der Waals surface area contributed by atoms with E-state index < -0.39 is 23.3 Å². The first kappa shape index (κ1) is 42.7. The Kier molecular flexibility index (Phi) is 15.7. The van der Waals surface area contributed by atoms with Gasteiger partial charge in [-0.25, -0.2) is 28.1 Å². The highest BCUT2D eigenvalue weighted by molar-refractivity contribution is 5.99. The zero-order valence-corrected chi connectivity index (χ0v) is 32.2. The Morgan fingerprint density at radius 1 is 0.946 bits per heavy atom. The lowest BCUT2D eigenvalue weighted by atomic mass is 9.99. The third kappa shape index (κ3) is 13.7. The number of unbranched alkanes of at least 4 members (excludes halogenated alkanes) is 5. The van der Waals surface area contributed by atoms with E-state index in [0.717, 1.165) is 93.4 Å². The number of H-pyrrole nitrogens is 1. The van der Waals surface area contributed by atoms with E-state index in [1.165, 1.54) is 28.8 Å². The molecule has 56 heavy (non-hydrogen) atoms. The number of Topliss-reactive ketones (excluding diaryl/α,β-unsaturated/α-hetero) is 1. The van der Waals surface area contributed by atoms with Crippen molar-refractivity contribution in [1.29, 1.82) is 0 Å². The molecule has 13 nitrogen and oxygen atoms in total. The summed E-state index contributed by atoms with van der Waals surface area (Å²) in [5.41, 5.74) is 14.2. The summed E-state index contributed by atoms with van der Waals surface area (Å²) in [7, 11) is 0. The number of aromatic hydroxyl groups is 1. The number of aromatic amines is 1. The molecule has 0 saturated heterocycles. The van der Waals surface area contributed by atoms with Crippen molar-refractivity contribution < 1.29 is 28.2 Å². The highest BCUT2D eigenvalue weighted by atomic mass is 19.1. The second-order valence-corrected chi connectivity index (χ2v) is 14.4. The summed E-state index contributed by atoms with van der Waals surface area (Å²) < 4.78 is 35.4. The molecule has 0 radical (unpaired) electrons. The number of nitrogens with two attached hydrogens (primary N) is 2. The number of phenols is 1. The van der Waals surface area contributed by atoms with Crippen molar-refractivity contribution in [3.8, 4) is 29.2 Å². The number of hydrogen-bond donors (Lipinski definition) is 4. The van der Waals surface area contributed by atoms with E-state index in [-0.39, 0.29) is 35.0 Å². The Morgan fingerprint density at radius 2 is 1.68 bits per heavy atom. The molecule has 3 aromatic heterocycles. The summed E-state index contributed by atoms with van der Waals surface area (Å²) in [6, 6.07) is 7.54. The molecular formula is C41H51F2N9O4. The number of nitrogens with one attached hydrogen (secondary N) is 1. The Labute approximate surface area is 325 Å². The zero-order valence-electron chi connectivity index (χ0n) is 32.2. The van der Waals surface area contributed by atoms with E-state index in [2.05, 4.69) is 31.2 Å². The number of hydrogen-bond acceptors (Lipinski definition) is 10. The summed E-state index contributed by atoms with van der Waals surface area (Å²) in [4.78, 5) is 35.7. The van der Waals surface area contributed by atoms with E-state index in [1.807, 2.05) is 27.0 Å². The van der Waals surface area contributed by atoms with Gasteiger partial charge in [-0.2, -0.15) is 0 Å². The van der Waals surface area contributed by atoms with E-state index in [9.17, 15) is 23.5 Å². The highest BCUT2D eigenvalue weighted by Crippen LogP contribution is 2.29. The minimum absolute atomic E-state index is 0.149. The van der Waals surface area contributed by atoms with Gasteiger partial charge in [0.1, 0.15) is 23.0 Å². The predicted molar refractivity (Wildman–Crippen MR) is 211 cm³/mol. The van der Waals surface area contributed by atoms with Crippen LogP contribution in [0.1, 0.15) is 106 Å². The van der Waals surface area contributed by atoms with Gasteiger partial charge in [0.2, 0.25) is 5.95 Å². The monoisotopic (exact) mass is 771 g/mol. The number of anilines is 2. The molecule has 0 bridgehead atoms. The maximum absolute atomic E-state index is 14.0. The fraction of sp³-hybridized carbons (Fsp3) is 0.415. The summed E-state index contributed by atoms with van der Waals surface area (Å²) in [5, 5.41) is 18.6. The van der Waals surface area contributed by atoms with Gasteiger partial charge in [0.05, 0.1) is 23.1 Å². The van der Waals surface area contributed by atoms with Crippen LogP contribution in [0, 0.1) is 24.0 Å². The maximum Gasteiger partial charge on any atom is 0.421 e. The standard InChI is InChI=1S/C26H28F2N6O2.C15H23N3O2/c27-18-9-11-21(23(28)14-18)17-8-10-22(25(36)13-17)24(35)7-4-12-34-16-20(32-33-34)6-3-1-2-5-19-15-30-26(29)31-19;1-5-6-7-8-9-10-12-11-18(13(16)17-12)14(19)20-15(2,3)4/h8-11,13-16,36H,1-7,12H2,(H3,29,30,31);1,11H,6-10H2,2-4H3,(H2,16,17). The fourth-order valence-electron chi connectivity index (χ4n) is 5.79. The van der Waals surface area contributed by atoms with Gasteiger partial charge in [0, 0.05) is 49.1 Å². The number of terminal acetylenes is 1. The second kappa shape index (κ2) is 20.6. The Bertz CT molecular complexity index is 2090. The third-order valence-corrected chi connectivity index (χ3v) is 8.57. The molecule has 0 fully saturated rings. The number of phenolic OH excluding ortho intramolecular Hbond substituents is 1. The molecule has 0 unspecified atom stereocenters. The number of aryl methyl sites for hydroxylation is 4. The van der Waals surface area contributed by atoms with Crippen LogP contribution >= 0.6 is 0 Å². The largest absolute Gasteiger partial charge is 0.507 e. The molecule has 0 spiro atoms. The van der Waals surface area contributed by atoms with Gasteiger partial charge in [-0.1, -0.05) is 24.1 Å². The molecule has 0 saturated carbocycles. The Balaban J connectivity index is 0.000000296. The van der Waals surface area contributed by atoms with Crippen LogP contribution in [-0.2, 0) is 30.5 Å². The minimum atomic E-state index is -0.736. The number of ether oxygens (including phenoxy) is 1. The predicted octanol–water partition coefficient (Wildman–Crippen LogP) is 7.84. The molecule has 0 amide bonds. The summed E-state index contributed by atoms with van der Waals surface area (Å²) in [5.74, 6) is 1.34. The van der Waals surface area contributed by atoms with Crippen LogP contribution in [0.15, 0.2) is 55.0 Å². The summed E-state index contributed by atoms with van der Waals surface area (Å²) in [6.45, 7) is 5.96. The third-order valence-electron chi connectivity index (χ3n) is 8.57. The average Bonchev–Trinajstić information content (AvgIpc) is 3.87. The van der Waals surface area contributed by atoms with Crippen LogP contribution in [0.3, 0.4) is 0 Å². The summed E-state index contributed by atoms with van der Waals surface area (Å²) >= 11 is 0. The van der Waals surface area contributed by atoms with Crippen molar-refractivity contribution in [2.45, 2.75) is 110 Å². The second-order valence-electron chi connectivity index (χ2n) is 14.4. The van der Waals surface area contributed by atoms with E-state index in [4.69, 9.17) is 22.6 Å². The van der Waals surface area contributed by atoms with Crippen LogP contribution in [0.5, 0.6) is 5.75 Å². The van der Waals surface area contributed by atoms with E-state index in [1.54, 1.807) is 17.1 Å². The van der Waals surface area contributed by atoms with Gasteiger partial charge < -0.3 is 26.3 Å². The lowest BCUT2D eigenvalue weighted by Gasteiger charge is -2.19. The smallest absolute Gasteiger partial charge is 0.421 e. The van der Waals surface area contributed by atoms with Gasteiger partial charge in [-0.15, -0.1) is 17.4 Å². The van der Waals surface area contributed by atoms with Gasteiger partial charge in [-0.3, -0.25) is 9.48 Å².